The van der Waals surface area contributed by atoms with Crippen molar-refractivity contribution in [2.45, 2.75) is 58.7 Å². The van der Waals surface area contributed by atoms with E-state index >= 15 is 0 Å². The lowest BCUT2D eigenvalue weighted by atomic mass is 9.72. The van der Waals surface area contributed by atoms with Crippen LogP contribution in [0.3, 0.4) is 0 Å². The summed E-state index contributed by atoms with van der Waals surface area (Å²) in [4.78, 5) is 4.71. The van der Waals surface area contributed by atoms with Gasteiger partial charge in [-0.2, -0.15) is 0 Å². The topological polar surface area (TPSA) is 45.2 Å². The Kier molecular flexibility index (Phi) is 7.83. The van der Waals surface area contributed by atoms with Gasteiger partial charge in [-0.3, -0.25) is 4.90 Å². The molecule has 0 amide bonds. The lowest BCUT2D eigenvalue weighted by molar-refractivity contribution is -0.0446. The number of ether oxygens (including phenoxy) is 2. The number of aliphatic hydroxyl groups is 1. The average Bonchev–Trinajstić information content (AvgIpc) is 2.72. The highest BCUT2D eigenvalue weighted by Crippen LogP contribution is 2.38. The molecule has 1 saturated heterocycles. The van der Waals surface area contributed by atoms with Gasteiger partial charge >= 0.3 is 0 Å². The Morgan fingerprint density at radius 1 is 1.03 bits per heavy atom. The summed E-state index contributed by atoms with van der Waals surface area (Å²) in [6, 6.07) is 8.19. The van der Waals surface area contributed by atoms with Gasteiger partial charge in [0, 0.05) is 32.7 Å². The van der Waals surface area contributed by atoms with Gasteiger partial charge in [-0.05, 0) is 49.1 Å². The van der Waals surface area contributed by atoms with Crippen LogP contribution in [0.2, 0.25) is 0 Å². The quantitative estimate of drug-likeness (QED) is 0.749. The molecule has 3 rings (SSSR count). The maximum absolute atomic E-state index is 10.5. The monoisotopic (exact) mass is 404 g/mol. The summed E-state index contributed by atoms with van der Waals surface area (Å²) in [5, 5.41) is 10.5. The molecule has 1 aliphatic heterocycles. The van der Waals surface area contributed by atoms with Crippen LogP contribution in [0.1, 0.15) is 46.5 Å². The number of aliphatic hydroxyl groups excluding tert-OH is 1. The molecule has 1 aliphatic carbocycles. The molecule has 5 heteroatoms. The summed E-state index contributed by atoms with van der Waals surface area (Å²) in [6.45, 7) is 12.0. The maximum Gasteiger partial charge on any atom is 0.142 e. The van der Waals surface area contributed by atoms with Gasteiger partial charge in [-0.15, -0.1) is 0 Å². The van der Waals surface area contributed by atoms with E-state index in [4.69, 9.17) is 9.47 Å². The number of β-amino-alcohol motifs (C(OH)–C–C–N with tert-alkyl or cyclic N) is 1. The van der Waals surface area contributed by atoms with Crippen LogP contribution in [0, 0.1) is 11.3 Å². The third kappa shape index (κ3) is 6.34. The van der Waals surface area contributed by atoms with Crippen LogP contribution < -0.4 is 9.64 Å². The van der Waals surface area contributed by atoms with Gasteiger partial charge in [0.25, 0.3) is 0 Å². The molecule has 1 aromatic carbocycles. The fraction of sp³-hybridized carbons (Fsp3) is 0.750. The number of rotatable bonds is 7. The zero-order valence-corrected chi connectivity index (χ0v) is 18.8. The first kappa shape index (κ1) is 22.4. The fourth-order valence-electron chi connectivity index (χ4n) is 4.76. The van der Waals surface area contributed by atoms with Crippen molar-refractivity contribution < 1.29 is 14.6 Å². The molecule has 1 atom stereocenters. The Morgan fingerprint density at radius 3 is 2.31 bits per heavy atom. The molecule has 1 heterocycles. The molecule has 164 valence electrons. The highest BCUT2D eigenvalue weighted by atomic mass is 16.5. The smallest absolute Gasteiger partial charge is 0.142 e. The first-order valence-electron chi connectivity index (χ1n) is 11.3. The summed E-state index contributed by atoms with van der Waals surface area (Å²) in [7, 11) is 1.72. The van der Waals surface area contributed by atoms with Gasteiger partial charge in [0.15, 0.2) is 0 Å². The Balaban J connectivity index is 1.35. The number of nitrogens with zero attached hydrogens (tertiary/aromatic N) is 2. The van der Waals surface area contributed by atoms with Crippen molar-refractivity contribution in [2.24, 2.45) is 11.3 Å². The number of para-hydroxylation sites is 2. The van der Waals surface area contributed by atoms with Crippen molar-refractivity contribution in [3.05, 3.63) is 24.3 Å². The Labute approximate surface area is 177 Å². The van der Waals surface area contributed by atoms with Gasteiger partial charge in [0.1, 0.15) is 5.75 Å². The second-order valence-corrected chi connectivity index (χ2v) is 9.79. The minimum absolute atomic E-state index is 0.325. The van der Waals surface area contributed by atoms with E-state index in [0.29, 0.717) is 24.7 Å². The standard InChI is InChI=1S/C24H40N2O3/c1-24(2,3)19-9-11-21(12-10-19)29-18-20(27)17-25-13-15-26(16-14-25)22-7-5-6-8-23(22)28-4/h5-8,19-21,27H,9-18H2,1-4H3. The molecule has 0 spiro atoms. The molecule has 5 nitrogen and oxygen atoms in total. The van der Waals surface area contributed by atoms with Gasteiger partial charge in [0.2, 0.25) is 0 Å². The maximum atomic E-state index is 10.5. The number of piperazine rings is 1. The largest absolute Gasteiger partial charge is 0.495 e. The van der Waals surface area contributed by atoms with Crippen molar-refractivity contribution in [3.8, 4) is 5.75 Å². The summed E-state index contributed by atoms with van der Waals surface area (Å²) in [5.74, 6) is 1.72. The van der Waals surface area contributed by atoms with E-state index in [1.807, 2.05) is 12.1 Å². The zero-order valence-electron chi connectivity index (χ0n) is 18.8. The SMILES string of the molecule is COc1ccccc1N1CCN(CC(O)COC2CCC(C(C)(C)C)CC2)CC1. The lowest BCUT2D eigenvalue weighted by Crippen LogP contribution is -2.49. The van der Waals surface area contributed by atoms with Crippen molar-refractivity contribution in [1.29, 1.82) is 0 Å². The summed E-state index contributed by atoms with van der Waals surface area (Å²) in [6.07, 6.45) is 4.67. The summed E-state index contributed by atoms with van der Waals surface area (Å²) >= 11 is 0. The normalized spacial score (nSPS) is 25.1. The van der Waals surface area contributed by atoms with Crippen LogP contribution in [-0.2, 0) is 4.74 Å². The van der Waals surface area contributed by atoms with Crippen LogP contribution in [0.5, 0.6) is 5.75 Å². The lowest BCUT2D eigenvalue weighted by Gasteiger charge is -2.38. The van der Waals surface area contributed by atoms with Gasteiger partial charge in [0.05, 0.1) is 31.6 Å². The van der Waals surface area contributed by atoms with Crippen LogP contribution >= 0.6 is 0 Å². The Bertz CT molecular complexity index is 615. The molecule has 1 unspecified atom stereocenters. The molecule has 2 aliphatic rings. The highest BCUT2D eigenvalue weighted by Gasteiger charge is 2.30. The first-order chi connectivity index (χ1) is 13.9. The van der Waals surface area contributed by atoms with Crippen LogP contribution in [0.25, 0.3) is 0 Å². The predicted molar refractivity (Wildman–Crippen MR) is 119 cm³/mol. The second kappa shape index (κ2) is 10.1. The van der Waals surface area contributed by atoms with Crippen molar-refractivity contribution in [1.82, 2.24) is 4.90 Å². The first-order valence-corrected chi connectivity index (χ1v) is 11.3. The van der Waals surface area contributed by atoms with E-state index in [2.05, 4.69) is 42.7 Å². The average molecular weight is 405 g/mol. The third-order valence-electron chi connectivity index (χ3n) is 6.69. The summed E-state index contributed by atoms with van der Waals surface area (Å²) < 4.78 is 11.6. The third-order valence-corrected chi connectivity index (χ3v) is 6.69. The number of hydrogen-bond acceptors (Lipinski definition) is 5. The number of anilines is 1. The molecule has 1 N–H and O–H groups in total. The zero-order chi connectivity index (χ0) is 20.9. The molecule has 1 saturated carbocycles. The molecule has 0 bridgehead atoms. The Morgan fingerprint density at radius 2 is 1.69 bits per heavy atom. The minimum atomic E-state index is -0.409. The molecule has 29 heavy (non-hydrogen) atoms. The van der Waals surface area contributed by atoms with Crippen molar-refractivity contribution in [3.63, 3.8) is 0 Å². The number of hydrogen-bond donors (Lipinski definition) is 1. The van der Waals surface area contributed by atoms with Crippen LogP contribution in [0.15, 0.2) is 24.3 Å². The summed E-state index contributed by atoms with van der Waals surface area (Å²) in [5.41, 5.74) is 1.56. The Hall–Kier alpha value is -1.30. The molecule has 2 fully saturated rings. The number of methoxy groups -OCH3 is 1. The molecule has 0 aromatic heterocycles. The molecule has 0 radical (unpaired) electrons. The second-order valence-electron chi connectivity index (χ2n) is 9.79. The molecule has 1 aromatic rings. The van der Waals surface area contributed by atoms with E-state index in [9.17, 15) is 5.11 Å². The van der Waals surface area contributed by atoms with Crippen molar-refractivity contribution in [2.75, 3.05) is 51.3 Å². The fourth-order valence-corrected chi connectivity index (χ4v) is 4.76. The van der Waals surface area contributed by atoms with Gasteiger partial charge < -0.3 is 19.5 Å². The highest BCUT2D eigenvalue weighted by molar-refractivity contribution is 5.58. The van der Waals surface area contributed by atoms with E-state index < -0.39 is 6.10 Å². The predicted octanol–water partition coefficient (Wildman–Crippen LogP) is 3.80. The van der Waals surface area contributed by atoms with Crippen LogP contribution in [-0.4, -0.2) is 68.7 Å². The van der Waals surface area contributed by atoms with E-state index in [1.54, 1.807) is 7.11 Å². The van der Waals surface area contributed by atoms with Crippen molar-refractivity contribution >= 4 is 5.69 Å². The van der Waals surface area contributed by atoms with Crippen LogP contribution in [0.4, 0.5) is 5.69 Å². The minimum Gasteiger partial charge on any atom is -0.495 e. The molecular weight excluding hydrogens is 364 g/mol. The van der Waals surface area contributed by atoms with E-state index in [-0.39, 0.29) is 0 Å². The number of benzene rings is 1. The molecular formula is C24H40N2O3. The van der Waals surface area contributed by atoms with Gasteiger partial charge in [-0.25, -0.2) is 0 Å². The van der Waals surface area contributed by atoms with E-state index in [1.165, 1.54) is 12.8 Å². The van der Waals surface area contributed by atoms with E-state index in [0.717, 1.165) is 56.4 Å². The van der Waals surface area contributed by atoms with Gasteiger partial charge in [-0.1, -0.05) is 32.9 Å².